The molecule has 0 fully saturated rings. The van der Waals surface area contributed by atoms with Crippen LogP contribution in [0.2, 0.25) is 0 Å². The molecule has 2 aromatic carbocycles. The molecule has 0 atom stereocenters. The number of aromatic nitrogens is 2. The number of rotatable bonds is 3. The van der Waals surface area contributed by atoms with Crippen molar-refractivity contribution in [2.75, 3.05) is 0 Å². The molecule has 0 saturated heterocycles. The molecule has 4 aromatic rings. The first-order chi connectivity index (χ1) is 14.2. The predicted molar refractivity (Wildman–Crippen MR) is 117 cm³/mol. The molecule has 4 rings (SSSR count). The summed E-state index contributed by atoms with van der Waals surface area (Å²) in [6.45, 7) is 1.92. The van der Waals surface area contributed by atoms with Crippen LogP contribution in [-0.4, -0.2) is 18.0 Å². The van der Waals surface area contributed by atoms with Crippen molar-refractivity contribution in [2.45, 2.75) is 11.8 Å². The van der Waals surface area contributed by atoms with Gasteiger partial charge in [0, 0.05) is 29.9 Å². The van der Waals surface area contributed by atoms with E-state index in [-0.39, 0.29) is 16.0 Å². The minimum absolute atomic E-state index is 0.0229. The van der Waals surface area contributed by atoms with Crippen LogP contribution in [0.1, 0.15) is 5.56 Å². The van der Waals surface area contributed by atoms with E-state index in [4.69, 9.17) is 5.14 Å². The largest absolute Gasteiger partial charge is 0.329 e. The zero-order valence-electron chi connectivity index (χ0n) is 16.3. The highest BCUT2D eigenvalue weighted by molar-refractivity contribution is 7.89. The topological polar surface area (TPSA) is 115 Å². The number of primary sulfonamides is 1. The molecule has 0 unspecified atom stereocenters. The van der Waals surface area contributed by atoms with Gasteiger partial charge in [0.2, 0.25) is 10.0 Å². The Morgan fingerprint density at radius 1 is 0.933 bits per heavy atom. The second kappa shape index (κ2) is 7.08. The number of sulfonamides is 1. The molecule has 0 aliphatic heterocycles. The van der Waals surface area contributed by atoms with Gasteiger partial charge in [0.05, 0.1) is 10.4 Å². The Balaban J connectivity index is 2.01. The zero-order valence-corrected chi connectivity index (χ0v) is 17.2. The van der Waals surface area contributed by atoms with Gasteiger partial charge in [0.1, 0.15) is 0 Å². The average Bonchev–Trinajstić information content (AvgIpc) is 2.70. The van der Waals surface area contributed by atoms with Crippen LogP contribution in [-0.2, 0) is 17.1 Å². The molecule has 2 heterocycles. The number of aryl methyl sites for hydroxylation is 2. The van der Waals surface area contributed by atoms with Crippen LogP contribution in [0.15, 0.2) is 75.3 Å². The predicted octanol–water partition coefficient (Wildman–Crippen LogP) is 2.52. The van der Waals surface area contributed by atoms with Gasteiger partial charge in [0.15, 0.2) is 0 Å². The number of fused-ring (bicyclic) bond motifs is 1. The van der Waals surface area contributed by atoms with E-state index in [0.29, 0.717) is 27.8 Å². The SMILES string of the molecule is Cc1cc(-c2ccc[nH]c2=O)c2c(c1)cc(-c1ccc(S(N)(=O)=O)cc1)c(=O)n2C. The first kappa shape index (κ1) is 19.8. The smallest absolute Gasteiger partial charge is 0.258 e. The van der Waals surface area contributed by atoms with Crippen molar-refractivity contribution in [1.82, 2.24) is 9.55 Å². The van der Waals surface area contributed by atoms with Gasteiger partial charge in [-0.2, -0.15) is 0 Å². The summed E-state index contributed by atoms with van der Waals surface area (Å²) in [5.74, 6) is 0. The molecule has 0 aliphatic carbocycles. The Kier molecular flexibility index (Phi) is 4.68. The number of nitrogens with zero attached hydrogens (tertiary/aromatic N) is 1. The zero-order chi connectivity index (χ0) is 21.6. The summed E-state index contributed by atoms with van der Waals surface area (Å²) < 4.78 is 24.5. The van der Waals surface area contributed by atoms with Gasteiger partial charge in [-0.15, -0.1) is 0 Å². The third-order valence-corrected chi connectivity index (χ3v) is 5.99. The van der Waals surface area contributed by atoms with E-state index in [1.807, 2.05) is 19.1 Å². The van der Waals surface area contributed by atoms with E-state index in [1.165, 1.54) is 16.7 Å². The average molecular weight is 421 g/mol. The molecule has 0 radical (unpaired) electrons. The van der Waals surface area contributed by atoms with Gasteiger partial charge in [0.25, 0.3) is 11.1 Å². The van der Waals surface area contributed by atoms with Crippen LogP contribution in [0.3, 0.4) is 0 Å². The lowest BCUT2D eigenvalue weighted by molar-refractivity contribution is 0.598. The van der Waals surface area contributed by atoms with Crippen molar-refractivity contribution in [3.8, 4) is 22.3 Å². The second-order valence-corrected chi connectivity index (χ2v) is 8.72. The maximum absolute atomic E-state index is 13.2. The highest BCUT2D eigenvalue weighted by atomic mass is 32.2. The summed E-state index contributed by atoms with van der Waals surface area (Å²) in [6, 6.07) is 14.9. The van der Waals surface area contributed by atoms with Crippen molar-refractivity contribution in [3.63, 3.8) is 0 Å². The molecule has 7 nitrogen and oxygen atoms in total. The van der Waals surface area contributed by atoms with E-state index in [0.717, 1.165) is 10.9 Å². The van der Waals surface area contributed by atoms with E-state index < -0.39 is 10.0 Å². The number of H-pyrrole nitrogens is 1. The summed E-state index contributed by atoms with van der Waals surface area (Å²) in [7, 11) is -2.16. The Bertz CT molecular complexity index is 1520. The summed E-state index contributed by atoms with van der Waals surface area (Å²) >= 11 is 0. The second-order valence-electron chi connectivity index (χ2n) is 7.15. The fourth-order valence-electron chi connectivity index (χ4n) is 3.66. The Morgan fingerprint density at radius 3 is 2.27 bits per heavy atom. The summed E-state index contributed by atoms with van der Waals surface area (Å²) in [4.78, 5) is 28.2. The van der Waals surface area contributed by atoms with E-state index in [1.54, 1.807) is 43.6 Å². The minimum Gasteiger partial charge on any atom is -0.329 e. The standard InChI is InChI=1S/C22H19N3O4S/c1-13-10-15-12-18(14-5-7-16(8-6-14)30(23,28)29)22(27)25(2)20(15)19(11-13)17-4-3-9-24-21(17)26/h3-12H,1-2H3,(H,24,26)(H2,23,28,29). The van der Waals surface area contributed by atoms with Crippen LogP contribution < -0.4 is 16.3 Å². The van der Waals surface area contributed by atoms with Crippen molar-refractivity contribution < 1.29 is 8.42 Å². The van der Waals surface area contributed by atoms with Gasteiger partial charge in [-0.05, 0) is 65.9 Å². The van der Waals surface area contributed by atoms with E-state index in [9.17, 15) is 18.0 Å². The summed E-state index contributed by atoms with van der Waals surface area (Å²) in [5.41, 5.74) is 3.23. The number of nitrogens with two attached hydrogens (primary N) is 1. The van der Waals surface area contributed by atoms with Crippen molar-refractivity contribution >= 4 is 20.9 Å². The van der Waals surface area contributed by atoms with Crippen molar-refractivity contribution in [3.05, 3.63) is 87.1 Å². The number of aromatic amines is 1. The van der Waals surface area contributed by atoms with Gasteiger partial charge in [-0.3, -0.25) is 9.59 Å². The van der Waals surface area contributed by atoms with Gasteiger partial charge in [-0.25, -0.2) is 13.6 Å². The maximum atomic E-state index is 13.2. The third kappa shape index (κ3) is 3.36. The number of pyridine rings is 2. The monoisotopic (exact) mass is 421 g/mol. The van der Waals surface area contributed by atoms with Gasteiger partial charge >= 0.3 is 0 Å². The van der Waals surface area contributed by atoms with Crippen LogP contribution in [0.25, 0.3) is 33.2 Å². The molecule has 3 N–H and O–H groups in total. The van der Waals surface area contributed by atoms with Crippen LogP contribution >= 0.6 is 0 Å². The molecule has 0 spiro atoms. The first-order valence-corrected chi connectivity index (χ1v) is 10.7. The molecule has 0 amide bonds. The highest BCUT2D eigenvalue weighted by Gasteiger charge is 2.16. The minimum atomic E-state index is -3.82. The first-order valence-electron chi connectivity index (χ1n) is 9.12. The number of nitrogens with one attached hydrogen (secondary N) is 1. The molecule has 0 aliphatic rings. The quantitative estimate of drug-likeness (QED) is 0.529. The van der Waals surface area contributed by atoms with Crippen molar-refractivity contribution in [2.24, 2.45) is 12.2 Å². The lowest BCUT2D eigenvalue weighted by Gasteiger charge is -2.14. The summed E-state index contributed by atoms with van der Waals surface area (Å²) in [6.07, 6.45) is 1.56. The summed E-state index contributed by atoms with van der Waals surface area (Å²) in [5, 5.41) is 5.95. The maximum Gasteiger partial charge on any atom is 0.258 e. The van der Waals surface area contributed by atoms with E-state index >= 15 is 0 Å². The van der Waals surface area contributed by atoms with Crippen LogP contribution in [0.5, 0.6) is 0 Å². The van der Waals surface area contributed by atoms with Crippen LogP contribution in [0, 0.1) is 6.92 Å². The molecular formula is C22H19N3O4S. The molecule has 152 valence electrons. The van der Waals surface area contributed by atoms with Gasteiger partial charge < -0.3 is 9.55 Å². The number of benzene rings is 2. The highest BCUT2D eigenvalue weighted by Crippen LogP contribution is 2.30. The molecule has 8 heteroatoms. The Hall–Kier alpha value is -3.49. The number of hydrogen-bond donors (Lipinski definition) is 2. The van der Waals surface area contributed by atoms with E-state index in [2.05, 4.69) is 4.98 Å². The molecule has 30 heavy (non-hydrogen) atoms. The van der Waals surface area contributed by atoms with Gasteiger partial charge in [-0.1, -0.05) is 12.1 Å². The van der Waals surface area contributed by atoms with Crippen molar-refractivity contribution in [1.29, 1.82) is 0 Å². The molecule has 0 saturated carbocycles. The normalized spacial score (nSPS) is 11.7. The number of hydrogen-bond acceptors (Lipinski definition) is 4. The Morgan fingerprint density at radius 2 is 1.63 bits per heavy atom. The fourth-order valence-corrected chi connectivity index (χ4v) is 4.18. The Labute approximate surface area is 172 Å². The lowest BCUT2D eigenvalue weighted by atomic mass is 9.97. The molecule has 2 aromatic heterocycles. The molecule has 0 bridgehead atoms. The lowest BCUT2D eigenvalue weighted by Crippen LogP contribution is -2.20. The van der Waals surface area contributed by atoms with Crippen LogP contribution in [0.4, 0.5) is 0 Å². The third-order valence-electron chi connectivity index (χ3n) is 5.06. The molecular weight excluding hydrogens is 402 g/mol. The fraction of sp³-hybridized carbons (Fsp3) is 0.0909.